The number of benzene rings is 1. The van der Waals surface area contributed by atoms with Crippen molar-refractivity contribution in [3.63, 3.8) is 0 Å². The molecule has 0 N–H and O–H groups in total. The number of fused-ring (bicyclic) bond motifs is 1. The summed E-state index contributed by atoms with van der Waals surface area (Å²) < 4.78 is 15.6. The summed E-state index contributed by atoms with van der Waals surface area (Å²) in [6.45, 7) is 2.99. The predicted molar refractivity (Wildman–Crippen MR) is 101 cm³/mol. The molecule has 0 saturated carbocycles. The first-order chi connectivity index (χ1) is 12.7. The van der Waals surface area contributed by atoms with Crippen LogP contribution in [0.3, 0.4) is 0 Å². The van der Waals surface area contributed by atoms with Gasteiger partial charge in [0.15, 0.2) is 5.65 Å². The van der Waals surface area contributed by atoms with Gasteiger partial charge in [0.2, 0.25) is 0 Å². The van der Waals surface area contributed by atoms with Gasteiger partial charge in [-0.2, -0.15) is 5.10 Å². The first-order valence-corrected chi connectivity index (χ1v) is 9.39. The number of anilines is 2. The average molecular weight is 372 g/mol. The summed E-state index contributed by atoms with van der Waals surface area (Å²) in [6.07, 6.45) is 7.01. The van der Waals surface area contributed by atoms with Gasteiger partial charge in [-0.3, -0.25) is 0 Å². The van der Waals surface area contributed by atoms with Crippen LogP contribution in [0.2, 0.25) is 5.02 Å². The minimum Gasteiger partial charge on any atom is -0.367 e. The van der Waals surface area contributed by atoms with Crippen LogP contribution in [0.1, 0.15) is 30.9 Å². The Morgan fingerprint density at radius 2 is 2.00 bits per heavy atom. The molecule has 2 fully saturated rings. The molecule has 1 atom stereocenters. The maximum Gasteiger partial charge on any atom is 0.180 e. The molecule has 26 heavy (non-hydrogen) atoms. The fourth-order valence-corrected chi connectivity index (χ4v) is 4.17. The maximum atomic E-state index is 13.8. The van der Waals surface area contributed by atoms with Crippen molar-refractivity contribution in [1.82, 2.24) is 14.6 Å². The van der Waals surface area contributed by atoms with Gasteiger partial charge in [0.25, 0.3) is 0 Å². The van der Waals surface area contributed by atoms with E-state index in [1.807, 2.05) is 23.0 Å². The molecule has 2 aliphatic rings. The normalized spacial score (nSPS) is 20.0. The molecule has 5 nitrogen and oxygen atoms in total. The predicted octanol–water partition coefficient (Wildman–Crippen LogP) is 4.07. The van der Waals surface area contributed by atoms with E-state index in [1.165, 1.54) is 12.5 Å². The molecule has 5 rings (SSSR count). The monoisotopic (exact) mass is 371 g/mol. The highest BCUT2D eigenvalue weighted by Gasteiger charge is 2.30. The molecule has 2 aromatic heterocycles. The van der Waals surface area contributed by atoms with Gasteiger partial charge in [0.1, 0.15) is 17.3 Å². The first-order valence-electron chi connectivity index (χ1n) is 9.01. The topological polar surface area (TPSA) is 36.7 Å². The second kappa shape index (κ2) is 6.13. The molecule has 0 spiro atoms. The first kappa shape index (κ1) is 15.9. The molecule has 1 aromatic carbocycles. The molecule has 0 aliphatic carbocycles. The lowest BCUT2D eigenvalue weighted by Crippen LogP contribution is -2.37. The second-order valence-electron chi connectivity index (χ2n) is 6.94. The molecule has 4 heterocycles. The van der Waals surface area contributed by atoms with E-state index in [-0.39, 0.29) is 11.9 Å². The van der Waals surface area contributed by atoms with Crippen LogP contribution >= 0.6 is 11.6 Å². The van der Waals surface area contributed by atoms with Crippen LogP contribution < -0.4 is 9.80 Å². The molecule has 134 valence electrons. The third-order valence-electron chi connectivity index (χ3n) is 5.40. The number of hydrogen-bond donors (Lipinski definition) is 0. The molecular weight excluding hydrogens is 353 g/mol. The Morgan fingerprint density at radius 1 is 1.12 bits per heavy atom. The van der Waals surface area contributed by atoms with Crippen molar-refractivity contribution in [3.8, 4) is 0 Å². The van der Waals surface area contributed by atoms with Crippen molar-refractivity contribution in [2.75, 3.05) is 29.4 Å². The van der Waals surface area contributed by atoms with Crippen LogP contribution in [0, 0.1) is 5.82 Å². The Morgan fingerprint density at radius 3 is 2.81 bits per heavy atom. The summed E-state index contributed by atoms with van der Waals surface area (Å²) in [6, 6.07) is 6.61. The van der Waals surface area contributed by atoms with Crippen molar-refractivity contribution >= 4 is 28.8 Å². The smallest absolute Gasteiger partial charge is 0.180 e. The fourth-order valence-electron chi connectivity index (χ4n) is 3.92. The van der Waals surface area contributed by atoms with E-state index >= 15 is 0 Å². The van der Waals surface area contributed by atoms with Gasteiger partial charge in [-0.15, -0.1) is 0 Å². The maximum absolute atomic E-state index is 13.8. The van der Waals surface area contributed by atoms with Crippen LogP contribution in [0.4, 0.5) is 15.9 Å². The van der Waals surface area contributed by atoms with Gasteiger partial charge in [0.05, 0.1) is 12.2 Å². The molecular formula is C19H19ClFN5. The lowest BCUT2D eigenvalue weighted by molar-refractivity contribution is 0.617. The van der Waals surface area contributed by atoms with E-state index in [4.69, 9.17) is 16.6 Å². The van der Waals surface area contributed by atoms with Gasteiger partial charge in [-0.25, -0.2) is 13.9 Å². The van der Waals surface area contributed by atoms with Gasteiger partial charge < -0.3 is 9.80 Å². The average Bonchev–Trinajstić information content (AvgIpc) is 3.23. The number of halogens is 2. The van der Waals surface area contributed by atoms with Gasteiger partial charge in [0, 0.05) is 30.9 Å². The highest BCUT2D eigenvalue weighted by Crippen LogP contribution is 2.39. The zero-order chi connectivity index (χ0) is 17.7. The molecule has 2 saturated heterocycles. The largest absolute Gasteiger partial charge is 0.367 e. The van der Waals surface area contributed by atoms with Crippen LogP contribution in [0.5, 0.6) is 0 Å². The van der Waals surface area contributed by atoms with Gasteiger partial charge >= 0.3 is 0 Å². The van der Waals surface area contributed by atoms with E-state index in [0.717, 1.165) is 55.2 Å². The van der Waals surface area contributed by atoms with Gasteiger partial charge in [-0.1, -0.05) is 11.6 Å². The van der Waals surface area contributed by atoms with E-state index < -0.39 is 0 Å². The SMILES string of the molecule is Fc1ccc(Cl)c([C@H]2CCCN2c2ccn3ncc(N4CCC4)c3n2)c1. The Bertz CT molecular complexity index is 968. The molecule has 2 aliphatic heterocycles. The summed E-state index contributed by atoms with van der Waals surface area (Å²) in [5, 5.41) is 5.02. The number of hydrogen-bond acceptors (Lipinski definition) is 4. The Balaban J connectivity index is 1.54. The third kappa shape index (κ3) is 2.51. The summed E-state index contributed by atoms with van der Waals surface area (Å²) in [5.41, 5.74) is 2.79. The van der Waals surface area contributed by atoms with Crippen LogP contribution in [-0.2, 0) is 0 Å². The van der Waals surface area contributed by atoms with E-state index in [1.54, 1.807) is 12.1 Å². The highest BCUT2D eigenvalue weighted by molar-refractivity contribution is 6.31. The molecule has 0 bridgehead atoms. The minimum absolute atomic E-state index is 0.0449. The standard InChI is InChI=1S/C19H19ClFN5/c20-15-5-4-13(21)11-14(15)16-3-1-9-25(16)18-6-10-26-19(23-18)17(12-22-26)24-7-2-8-24/h4-6,10-12,16H,1-3,7-9H2/t16-/m1/s1. The molecule has 0 unspecified atom stereocenters. The highest BCUT2D eigenvalue weighted by atomic mass is 35.5. The Labute approximate surface area is 156 Å². The van der Waals surface area contributed by atoms with E-state index in [2.05, 4.69) is 14.9 Å². The van der Waals surface area contributed by atoms with Crippen molar-refractivity contribution in [2.45, 2.75) is 25.3 Å². The summed E-state index contributed by atoms with van der Waals surface area (Å²) in [7, 11) is 0. The third-order valence-corrected chi connectivity index (χ3v) is 5.74. The van der Waals surface area contributed by atoms with E-state index in [9.17, 15) is 4.39 Å². The summed E-state index contributed by atoms with van der Waals surface area (Å²) in [5.74, 6) is 0.637. The quantitative estimate of drug-likeness (QED) is 0.695. The van der Waals surface area contributed by atoms with Crippen molar-refractivity contribution in [2.24, 2.45) is 0 Å². The lowest BCUT2D eigenvalue weighted by atomic mass is 10.0. The van der Waals surface area contributed by atoms with Gasteiger partial charge in [-0.05, 0) is 49.1 Å². The fraction of sp³-hybridized carbons (Fsp3) is 0.368. The molecule has 0 amide bonds. The summed E-state index contributed by atoms with van der Waals surface area (Å²) >= 11 is 6.37. The molecule has 7 heteroatoms. The van der Waals surface area contributed by atoms with Crippen LogP contribution in [-0.4, -0.2) is 34.2 Å². The van der Waals surface area contributed by atoms with Crippen molar-refractivity contribution < 1.29 is 4.39 Å². The Hall–Kier alpha value is -2.34. The number of aromatic nitrogens is 3. The molecule has 3 aromatic rings. The Kier molecular flexibility index (Phi) is 3.74. The van der Waals surface area contributed by atoms with Crippen LogP contribution in [0.15, 0.2) is 36.7 Å². The molecule has 0 radical (unpaired) electrons. The number of rotatable bonds is 3. The number of nitrogens with zero attached hydrogens (tertiary/aromatic N) is 5. The second-order valence-corrected chi connectivity index (χ2v) is 7.35. The van der Waals surface area contributed by atoms with Crippen molar-refractivity contribution in [1.29, 1.82) is 0 Å². The zero-order valence-corrected chi connectivity index (χ0v) is 15.0. The summed E-state index contributed by atoms with van der Waals surface area (Å²) in [4.78, 5) is 9.42. The minimum atomic E-state index is -0.254. The van der Waals surface area contributed by atoms with E-state index in [0.29, 0.717) is 5.02 Å². The zero-order valence-electron chi connectivity index (χ0n) is 14.3. The van der Waals surface area contributed by atoms with Crippen LogP contribution in [0.25, 0.3) is 5.65 Å². The van der Waals surface area contributed by atoms with Crippen molar-refractivity contribution in [3.05, 3.63) is 53.1 Å². The lowest BCUT2D eigenvalue weighted by Gasteiger charge is -2.32.